The summed E-state index contributed by atoms with van der Waals surface area (Å²) >= 11 is 1.92. The van der Waals surface area contributed by atoms with Crippen LogP contribution in [0.4, 0.5) is 5.82 Å². The molecule has 18 heavy (non-hydrogen) atoms. The third-order valence-electron chi connectivity index (χ3n) is 3.34. The molecular formula is C14H23N3S. The van der Waals surface area contributed by atoms with Gasteiger partial charge in [0.2, 0.25) is 0 Å². The highest BCUT2D eigenvalue weighted by Crippen LogP contribution is 2.27. The van der Waals surface area contributed by atoms with Gasteiger partial charge in [0, 0.05) is 30.0 Å². The normalized spacial score (nSPS) is 20.4. The quantitative estimate of drug-likeness (QED) is 0.840. The minimum absolute atomic E-state index is 0.0186. The summed E-state index contributed by atoms with van der Waals surface area (Å²) in [5.74, 6) is 3.23. The van der Waals surface area contributed by atoms with Crippen LogP contribution in [0.15, 0.2) is 12.3 Å². The minimum Gasteiger partial charge on any atom is -0.353 e. The minimum atomic E-state index is 0.0186. The lowest BCUT2D eigenvalue weighted by molar-refractivity contribution is 0.543. The average molecular weight is 265 g/mol. The lowest BCUT2D eigenvalue weighted by atomic mass is 9.96. The van der Waals surface area contributed by atoms with E-state index in [9.17, 15) is 0 Å². The molecule has 1 aromatic heterocycles. The maximum atomic E-state index is 4.76. The SMILES string of the molecule is CSCC1CCCN1c1ccnc(C(C)(C)C)n1. The molecule has 0 radical (unpaired) electrons. The van der Waals surface area contributed by atoms with Crippen LogP contribution in [0, 0.1) is 0 Å². The molecule has 0 amide bonds. The number of anilines is 1. The van der Waals surface area contributed by atoms with Crippen molar-refractivity contribution in [1.82, 2.24) is 9.97 Å². The zero-order chi connectivity index (χ0) is 13.2. The first kappa shape index (κ1) is 13.7. The third-order valence-corrected chi connectivity index (χ3v) is 4.06. The van der Waals surface area contributed by atoms with E-state index in [1.54, 1.807) is 0 Å². The molecule has 1 aliphatic rings. The first-order chi connectivity index (χ1) is 8.52. The van der Waals surface area contributed by atoms with Gasteiger partial charge < -0.3 is 4.90 Å². The molecule has 1 unspecified atom stereocenters. The van der Waals surface area contributed by atoms with Gasteiger partial charge in [-0.25, -0.2) is 9.97 Å². The topological polar surface area (TPSA) is 29.0 Å². The van der Waals surface area contributed by atoms with Crippen LogP contribution in [0.5, 0.6) is 0 Å². The summed E-state index contributed by atoms with van der Waals surface area (Å²) in [6, 6.07) is 2.69. The van der Waals surface area contributed by atoms with Crippen LogP contribution in [0.1, 0.15) is 39.4 Å². The number of nitrogens with zero attached hydrogens (tertiary/aromatic N) is 3. The number of rotatable bonds is 3. The number of thioether (sulfide) groups is 1. The van der Waals surface area contributed by atoms with Crippen LogP contribution >= 0.6 is 11.8 Å². The van der Waals surface area contributed by atoms with Gasteiger partial charge in [-0.15, -0.1) is 0 Å². The monoisotopic (exact) mass is 265 g/mol. The summed E-state index contributed by atoms with van der Waals surface area (Å²) in [5.41, 5.74) is 0.0186. The third kappa shape index (κ3) is 2.97. The van der Waals surface area contributed by atoms with Crippen molar-refractivity contribution in [3.8, 4) is 0 Å². The summed E-state index contributed by atoms with van der Waals surface area (Å²) in [6.45, 7) is 7.62. The predicted molar refractivity (Wildman–Crippen MR) is 79.5 cm³/mol. The van der Waals surface area contributed by atoms with E-state index in [0.29, 0.717) is 6.04 Å². The van der Waals surface area contributed by atoms with Crippen LogP contribution in [0.25, 0.3) is 0 Å². The van der Waals surface area contributed by atoms with E-state index >= 15 is 0 Å². The van der Waals surface area contributed by atoms with Gasteiger partial charge in [0.15, 0.2) is 0 Å². The molecule has 0 aromatic carbocycles. The fraction of sp³-hybridized carbons (Fsp3) is 0.714. The Labute approximate surface area is 114 Å². The van der Waals surface area contributed by atoms with Gasteiger partial charge in [0.05, 0.1) is 0 Å². The van der Waals surface area contributed by atoms with Crippen LogP contribution in [0.2, 0.25) is 0 Å². The number of aromatic nitrogens is 2. The highest BCUT2D eigenvalue weighted by Gasteiger charge is 2.26. The molecule has 1 aliphatic heterocycles. The zero-order valence-electron chi connectivity index (χ0n) is 11.8. The van der Waals surface area contributed by atoms with Gasteiger partial charge >= 0.3 is 0 Å². The second-order valence-electron chi connectivity index (χ2n) is 5.93. The van der Waals surface area contributed by atoms with Gasteiger partial charge in [0.25, 0.3) is 0 Å². The molecule has 1 atom stereocenters. The van der Waals surface area contributed by atoms with Crippen molar-refractivity contribution in [2.75, 3.05) is 23.5 Å². The molecule has 2 heterocycles. The zero-order valence-corrected chi connectivity index (χ0v) is 12.6. The lowest BCUT2D eigenvalue weighted by Gasteiger charge is -2.26. The Morgan fingerprint density at radius 3 is 2.89 bits per heavy atom. The van der Waals surface area contributed by atoms with Crippen LogP contribution < -0.4 is 4.90 Å². The molecular weight excluding hydrogens is 242 g/mol. The van der Waals surface area contributed by atoms with Gasteiger partial charge in [-0.2, -0.15) is 11.8 Å². The van der Waals surface area contributed by atoms with Crippen LogP contribution in [-0.2, 0) is 5.41 Å². The summed E-state index contributed by atoms with van der Waals surface area (Å²) in [6.07, 6.45) is 6.64. The summed E-state index contributed by atoms with van der Waals surface area (Å²) < 4.78 is 0. The summed E-state index contributed by atoms with van der Waals surface area (Å²) in [4.78, 5) is 11.6. The van der Waals surface area contributed by atoms with Crippen molar-refractivity contribution in [3.05, 3.63) is 18.1 Å². The second kappa shape index (κ2) is 5.47. The van der Waals surface area contributed by atoms with Gasteiger partial charge in [-0.05, 0) is 25.2 Å². The highest BCUT2D eigenvalue weighted by molar-refractivity contribution is 7.98. The average Bonchev–Trinajstić information content (AvgIpc) is 2.77. The lowest BCUT2D eigenvalue weighted by Crippen LogP contribution is -2.32. The van der Waals surface area contributed by atoms with Crippen molar-refractivity contribution in [2.24, 2.45) is 0 Å². The van der Waals surface area contributed by atoms with E-state index in [2.05, 4.69) is 36.9 Å². The maximum absolute atomic E-state index is 4.76. The fourth-order valence-electron chi connectivity index (χ4n) is 2.37. The van der Waals surface area contributed by atoms with E-state index in [-0.39, 0.29) is 5.41 Å². The second-order valence-corrected chi connectivity index (χ2v) is 6.84. The van der Waals surface area contributed by atoms with Crippen LogP contribution in [0.3, 0.4) is 0 Å². The summed E-state index contributed by atoms with van der Waals surface area (Å²) in [7, 11) is 0. The standard InChI is InChI=1S/C14H23N3S/c1-14(2,3)13-15-8-7-12(16-13)17-9-5-6-11(17)10-18-4/h7-8,11H,5-6,9-10H2,1-4H3. The highest BCUT2D eigenvalue weighted by atomic mass is 32.2. The van der Waals surface area contributed by atoms with Gasteiger partial charge in [0.1, 0.15) is 11.6 Å². The first-order valence-corrected chi connectivity index (χ1v) is 8.01. The van der Waals surface area contributed by atoms with Gasteiger partial charge in [-0.3, -0.25) is 0 Å². The van der Waals surface area contributed by atoms with Crippen molar-refractivity contribution in [1.29, 1.82) is 0 Å². The van der Waals surface area contributed by atoms with Crippen molar-refractivity contribution in [2.45, 2.75) is 45.1 Å². The Morgan fingerprint density at radius 2 is 2.22 bits per heavy atom. The number of hydrogen-bond acceptors (Lipinski definition) is 4. The van der Waals surface area contributed by atoms with Crippen molar-refractivity contribution >= 4 is 17.6 Å². The molecule has 1 saturated heterocycles. The number of hydrogen-bond donors (Lipinski definition) is 0. The molecule has 4 heteroatoms. The molecule has 0 saturated carbocycles. The van der Waals surface area contributed by atoms with Crippen molar-refractivity contribution < 1.29 is 0 Å². The summed E-state index contributed by atoms with van der Waals surface area (Å²) in [5, 5.41) is 0. The largest absolute Gasteiger partial charge is 0.353 e. The maximum Gasteiger partial charge on any atom is 0.135 e. The molecule has 1 fully saturated rings. The van der Waals surface area contributed by atoms with E-state index in [0.717, 1.165) is 18.2 Å². The molecule has 2 rings (SSSR count). The fourth-order valence-corrected chi connectivity index (χ4v) is 3.10. The smallest absolute Gasteiger partial charge is 0.135 e. The van der Waals surface area contributed by atoms with Gasteiger partial charge in [-0.1, -0.05) is 20.8 Å². The van der Waals surface area contributed by atoms with Crippen LogP contribution in [-0.4, -0.2) is 34.6 Å². The molecule has 0 aliphatic carbocycles. The molecule has 1 aromatic rings. The first-order valence-electron chi connectivity index (χ1n) is 6.61. The molecule has 100 valence electrons. The molecule has 0 bridgehead atoms. The molecule has 0 spiro atoms. The Kier molecular flexibility index (Phi) is 4.15. The van der Waals surface area contributed by atoms with E-state index in [1.807, 2.05) is 24.0 Å². The predicted octanol–water partition coefficient (Wildman–Crippen LogP) is 3.11. The van der Waals surface area contributed by atoms with E-state index in [4.69, 9.17) is 4.98 Å². The Balaban J connectivity index is 2.22. The van der Waals surface area contributed by atoms with E-state index < -0.39 is 0 Å². The molecule has 0 N–H and O–H groups in total. The van der Waals surface area contributed by atoms with E-state index in [1.165, 1.54) is 18.6 Å². The Hall–Kier alpha value is -0.770. The molecule has 3 nitrogen and oxygen atoms in total. The van der Waals surface area contributed by atoms with Crippen molar-refractivity contribution in [3.63, 3.8) is 0 Å². The Bertz CT molecular complexity index is 400. The Morgan fingerprint density at radius 1 is 1.44 bits per heavy atom.